The van der Waals surface area contributed by atoms with Crippen molar-refractivity contribution >= 4 is 10.9 Å². The molecule has 1 aromatic heterocycles. The van der Waals surface area contributed by atoms with E-state index in [9.17, 15) is 4.79 Å². The predicted octanol–water partition coefficient (Wildman–Crippen LogP) is 4.37. The summed E-state index contributed by atoms with van der Waals surface area (Å²) in [5.41, 5.74) is 4.87. The fraction of sp³-hybridized carbons (Fsp3) is 0.375. The van der Waals surface area contributed by atoms with E-state index in [-0.39, 0.29) is 5.56 Å². The van der Waals surface area contributed by atoms with Crippen LogP contribution < -0.4 is 10.3 Å². The first-order chi connectivity index (χ1) is 13.7. The number of aryl methyl sites for hydroxylation is 2. The van der Waals surface area contributed by atoms with Crippen molar-refractivity contribution in [3.8, 4) is 5.75 Å². The van der Waals surface area contributed by atoms with Crippen LogP contribution >= 0.6 is 0 Å². The molecule has 0 N–H and O–H groups in total. The summed E-state index contributed by atoms with van der Waals surface area (Å²) < 4.78 is 7.75. The van der Waals surface area contributed by atoms with Gasteiger partial charge in [-0.1, -0.05) is 43.3 Å². The Bertz CT molecular complexity index is 1040. The molecule has 0 unspecified atom stereocenters. The van der Waals surface area contributed by atoms with Gasteiger partial charge in [-0.25, -0.2) is 0 Å². The summed E-state index contributed by atoms with van der Waals surface area (Å²) >= 11 is 0. The number of para-hydroxylation sites is 2. The monoisotopic (exact) mass is 376 g/mol. The lowest BCUT2D eigenvalue weighted by atomic mass is 9.98. The number of rotatable bonds is 7. The number of ether oxygens (including phenoxy) is 1. The van der Waals surface area contributed by atoms with E-state index in [2.05, 4.69) is 42.2 Å². The maximum Gasteiger partial charge on any atom is 0.251 e. The van der Waals surface area contributed by atoms with Crippen molar-refractivity contribution < 1.29 is 4.74 Å². The van der Waals surface area contributed by atoms with Gasteiger partial charge in [0.25, 0.3) is 5.56 Å². The molecule has 0 amide bonds. The number of pyridine rings is 1. The van der Waals surface area contributed by atoms with Gasteiger partial charge in [0.2, 0.25) is 0 Å². The molecule has 4 nitrogen and oxygen atoms in total. The molecular formula is C24H28N2O2. The molecule has 146 valence electrons. The number of aromatic nitrogens is 1. The van der Waals surface area contributed by atoms with Gasteiger partial charge in [0.15, 0.2) is 0 Å². The molecule has 0 fully saturated rings. The van der Waals surface area contributed by atoms with Crippen molar-refractivity contribution in [1.29, 1.82) is 0 Å². The van der Waals surface area contributed by atoms with E-state index in [4.69, 9.17) is 4.74 Å². The molecule has 28 heavy (non-hydrogen) atoms. The summed E-state index contributed by atoms with van der Waals surface area (Å²) in [6, 6.07) is 16.5. The van der Waals surface area contributed by atoms with Crippen molar-refractivity contribution in [3.63, 3.8) is 0 Å². The van der Waals surface area contributed by atoms with E-state index in [1.165, 1.54) is 16.5 Å². The first-order valence-electron chi connectivity index (χ1n) is 10.3. The van der Waals surface area contributed by atoms with Crippen molar-refractivity contribution in [2.45, 2.75) is 46.3 Å². The van der Waals surface area contributed by atoms with Crippen molar-refractivity contribution in [2.75, 3.05) is 13.2 Å². The standard InChI is InChI=1S/C24H28N2O2/c1-3-25(16-19-9-5-6-13-22(19)28-4-2)17-20-15-23(27)26-14-8-11-18-10-7-12-21(20)24(18)26/h5-7,9-10,12-13,15H,3-4,8,11,14,16-17H2,1-2H3. The second kappa shape index (κ2) is 8.19. The van der Waals surface area contributed by atoms with Crippen LogP contribution in [0.5, 0.6) is 5.75 Å². The van der Waals surface area contributed by atoms with Gasteiger partial charge in [0, 0.05) is 36.7 Å². The Kier molecular flexibility index (Phi) is 5.49. The zero-order valence-corrected chi connectivity index (χ0v) is 16.8. The minimum absolute atomic E-state index is 0.125. The third kappa shape index (κ3) is 3.57. The van der Waals surface area contributed by atoms with Crippen LogP contribution in [0.25, 0.3) is 10.9 Å². The summed E-state index contributed by atoms with van der Waals surface area (Å²) in [6.07, 6.45) is 2.10. The number of hydrogen-bond donors (Lipinski definition) is 0. The van der Waals surface area contributed by atoms with Gasteiger partial charge in [-0.05, 0) is 43.5 Å². The lowest BCUT2D eigenvalue weighted by Crippen LogP contribution is -2.28. The van der Waals surface area contributed by atoms with Crippen LogP contribution in [0.1, 0.15) is 37.0 Å². The summed E-state index contributed by atoms with van der Waals surface area (Å²) in [4.78, 5) is 15.1. The molecule has 0 saturated heterocycles. The average molecular weight is 377 g/mol. The number of benzene rings is 2. The SMILES string of the molecule is CCOc1ccccc1CN(CC)Cc1cc(=O)n2c3c(cccc13)CCC2. The quantitative estimate of drug-likeness (QED) is 0.614. The fourth-order valence-electron chi connectivity index (χ4n) is 4.26. The Morgan fingerprint density at radius 3 is 2.68 bits per heavy atom. The Balaban J connectivity index is 1.68. The highest BCUT2D eigenvalue weighted by Crippen LogP contribution is 2.27. The average Bonchev–Trinajstić information content (AvgIpc) is 2.72. The van der Waals surface area contributed by atoms with Crippen LogP contribution in [0.15, 0.2) is 53.3 Å². The third-order valence-corrected chi connectivity index (χ3v) is 5.63. The van der Waals surface area contributed by atoms with E-state index in [1.54, 1.807) is 0 Å². The Morgan fingerprint density at radius 2 is 1.86 bits per heavy atom. The molecule has 0 atom stereocenters. The van der Waals surface area contributed by atoms with Gasteiger partial charge >= 0.3 is 0 Å². The molecule has 0 spiro atoms. The van der Waals surface area contributed by atoms with Gasteiger partial charge < -0.3 is 9.30 Å². The maximum atomic E-state index is 12.8. The Morgan fingerprint density at radius 1 is 1.04 bits per heavy atom. The minimum Gasteiger partial charge on any atom is -0.494 e. The maximum absolute atomic E-state index is 12.8. The fourth-order valence-corrected chi connectivity index (χ4v) is 4.26. The van der Waals surface area contributed by atoms with Crippen molar-refractivity contribution in [2.24, 2.45) is 0 Å². The molecule has 0 aliphatic carbocycles. The van der Waals surface area contributed by atoms with Crippen LogP contribution in [0.2, 0.25) is 0 Å². The third-order valence-electron chi connectivity index (χ3n) is 5.63. The topological polar surface area (TPSA) is 34.5 Å². The van der Waals surface area contributed by atoms with E-state index >= 15 is 0 Å². The van der Waals surface area contributed by atoms with Gasteiger partial charge in [-0.3, -0.25) is 9.69 Å². The first kappa shape index (κ1) is 18.8. The summed E-state index contributed by atoms with van der Waals surface area (Å²) in [7, 11) is 0. The second-order valence-electron chi connectivity index (χ2n) is 7.42. The Labute approximate surface area is 166 Å². The van der Waals surface area contributed by atoms with Crippen molar-refractivity contribution in [3.05, 3.63) is 75.6 Å². The summed E-state index contributed by atoms with van der Waals surface area (Å²) in [5.74, 6) is 0.945. The smallest absolute Gasteiger partial charge is 0.251 e. The summed E-state index contributed by atoms with van der Waals surface area (Å²) in [5, 5.41) is 1.22. The second-order valence-corrected chi connectivity index (χ2v) is 7.42. The first-order valence-corrected chi connectivity index (χ1v) is 10.3. The highest BCUT2D eigenvalue weighted by Gasteiger charge is 2.17. The zero-order valence-electron chi connectivity index (χ0n) is 16.8. The predicted molar refractivity (Wildman–Crippen MR) is 114 cm³/mol. The molecule has 0 saturated carbocycles. The molecule has 2 aromatic carbocycles. The molecule has 0 bridgehead atoms. The molecule has 1 aliphatic rings. The van der Waals surface area contributed by atoms with E-state index in [0.717, 1.165) is 55.9 Å². The van der Waals surface area contributed by atoms with E-state index in [0.29, 0.717) is 6.61 Å². The number of nitrogens with zero attached hydrogens (tertiary/aromatic N) is 2. The largest absolute Gasteiger partial charge is 0.494 e. The molecule has 0 radical (unpaired) electrons. The Hall–Kier alpha value is -2.59. The van der Waals surface area contributed by atoms with Crippen molar-refractivity contribution in [1.82, 2.24) is 9.47 Å². The van der Waals surface area contributed by atoms with Crippen LogP contribution in [-0.2, 0) is 26.1 Å². The van der Waals surface area contributed by atoms with Crippen LogP contribution in [0, 0.1) is 0 Å². The van der Waals surface area contributed by atoms with E-state index < -0.39 is 0 Å². The lowest BCUT2D eigenvalue weighted by molar-refractivity contribution is 0.262. The summed E-state index contributed by atoms with van der Waals surface area (Å²) in [6.45, 7) is 8.13. The molecule has 1 aliphatic heterocycles. The number of hydrogen-bond acceptors (Lipinski definition) is 3. The van der Waals surface area contributed by atoms with Gasteiger partial charge in [-0.2, -0.15) is 0 Å². The van der Waals surface area contributed by atoms with E-state index in [1.807, 2.05) is 29.7 Å². The lowest BCUT2D eigenvalue weighted by Gasteiger charge is -2.25. The van der Waals surface area contributed by atoms with Crippen LogP contribution in [0.4, 0.5) is 0 Å². The van der Waals surface area contributed by atoms with Crippen LogP contribution in [0.3, 0.4) is 0 Å². The van der Waals surface area contributed by atoms with Gasteiger partial charge in [0.1, 0.15) is 5.75 Å². The molecule has 4 rings (SSSR count). The highest BCUT2D eigenvalue weighted by atomic mass is 16.5. The molecule has 3 aromatic rings. The van der Waals surface area contributed by atoms with Gasteiger partial charge in [0.05, 0.1) is 12.1 Å². The molecular weight excluding hydrogens is 348 g/mol. The zero-order chi connectivity index (χ0) is 19.5. The minimum atomic E-state index is 0.125. The van der Waals surface area contributed by atoms with Crippen LogP contribution in [-0.4, -0.2) is 22.6 Å². The highest BCUT2D eigenvalue weighted by molar-refractivity contribution is 5.86. The molecule has 4 heteroatoms. The molecule has 2 heterocycles. The van der Waals surface area contributed by atoms with Gasteiger partial charge in [-0.15, -0.1) is 0 Å². The normalized spacial score (nSPS) is 13.2.